The zero-order valence-electron chi connectivity index (χ0n) is 12.1. The SMILES string of the molecule is CCOC(=O)Cc1ccc2nc(Nc3cccnc3)sc2c1. The maximum Gasteiger partial charge on any atom is 0.310 e. The van der Waals surface area contributed by atoms with Crippen LogP contribution in [0, 0.1) is 0 Å². The summed E-state index contributed by atoms with van der Waals surface area (Å²) in [5, 5.41) is 4.03. The Hall–Kier alpha value is -2.47. The Labute approximate surface area is 132 Å². The number of aromatic nitrogens is 2. The quantitative estimate of drug-likeness (QED) is 0.730. The van der Waals surface area contributed by atoms with Crippen LogP contribution >= 0.6 is 11.3 Å². The summed E-state index contributed by atoms with van der Waals surface area (Å²) in [5.41, 5.74) is 2.74. The number of hydrogen-bond acceptors (Lipinski definition) is 6. The van der Waals surface area contributed by atoms with E-state index in [2.05, 4.69) is 15.3 Å². The molecule has 0 radical (unpaired) electrons. The number of ether oxygens (including phenoxy) is 1. The number of carbonyl (C=O) groups is 1. The van der Waals surface area contributed by atoms with E-state index in [0.717, 1.165) is 26.6 Å². The summed E-state index contributed by atoms with van der Waals surface area (Å²) in [7, 11) is 0. The molecule has 5 nitrogen and oxygen atoms in total. The lowest BCUT2D eigenvalue weighted by atomic mass is 10.1. The highest BCUT2D eigenvalue weighted by molar-refractivity contribution is 7.22. The fraction of sp³-hybridized carbons (Fsp3) is 0.188. The first-order valence-electron chi connectivity index (χ1n) is 6.97. The number of fused-ring (bicyclic) bond motifs is 1. The fourth-order valence-corrected chi connectivity index (χ4v) is 3.02. The van der Waals surface area contributed by atoms with Crippen molar-refractivity contribution in [3.05, 3.63) is 48.3 Å². The molecule has 112 valence electrons. The first kappa shape index (κ1) is 14.5. The Morgan fingerprint density at radius 2 is 2.27 bits per heavy atom. The van der Waals surface area contributed by atoms with Crippen molar-refractivity contribution in [3.8, 4) is 0 Å². The Morgan fingerprint density at radius 3 is 3.05 bits per heavy atom. The molecule has 1 N–H and O–H groups in total. The van der Waals surface area contributed by atoms with Crippen molar-refractivity contribution in [3.63, 3.8) is 0 Å². The standard InChI is InChI=1S/C16H15N3O2S/c1-2-21-15(20)9-11-5-6-13-14(8-11)22-16(19-13)18-12-4-3-7-17-10-12/h3-8,10H,2,9H2,1H3,(H,18,19). The predicted octanol–water partition coefficient (Wildman–Crippen LogP) is 3.54. The summed E-state index contributed by atoms with van der Waals surface area (Å²) < 4.78 is 6.01. The van der Waals surface area contributed by atoms with E-state index in [9.17, 15) is 4.79 Å². The van der Waals surface area contributed by atoms with Crippen LogP contribution in [0.4, 0.5) is 10.8 Å². The van der Waals surface area contributed by atoms with E-state index in [0.29, 0.717) is 6.61 Å². The van der Waals surface area contributed by atoms with Crippen molar-refractivity contribution in [1.82, 2.24) is 9.97 Å². The second-order valence-corrected chi connectivity index (χ2v) is 5.70. The number of nitrogens with one attached hydrogen (secondary N) is 1. The lowest BCUT2D eigenvalue weighted by Crippen LogP contribution is -2.07. The highest BCUT2D eigenvalue weighted by atomic mass is 32.1. The summed E-state index contributed by atoms with van der Waals surface area (Å²) in [6, 6.07) is 9.62. The summed E-state index contributed by atoms with van der Waals surface area (Å²) in [6.45, 7) is 2.21. The van der Waals surface area contributed by atoms with Gasteiger partial charge in [0.1, 0.15) is 0 Å². The molecule has 22 heavy (non-hydrogen) atoms. The molecule has 0 fully saturated rings. The monoisotopic (exact) mass is 313 g/mol. The van der Waals surface area contributed by atoms with E-state index < -0.39 is 0 Å². The van der Waals surface area contributed by atoms with Gasteiger partial charge in [0.15, 0.2) is 5.13 Å². The van der Waals surface area contributed by atoms with Crippen LogP contribution in [0.2, 0.25) is 0 Å². The molecule has 0 saturated carbocycles. The Bertz CT molecular complexity index is 786. The molecule has 3 aromatic rings. The zero-order valence-corrected chi connectivity index (χ0v) is 12.9. The smallest absolute Gasteiger partial charge is 0.310 e. The van der Waals surface area contributed by atoms with Crippen molar-refractivity contribution < 1.29 is 9.53 Å². The van der Waals surface area contributed by atoms with Gasteiger partial charge >= 0.3 is 5.97 Å². The van der Waals surface area contributed by atoms with Gasteiger partial charge in [-0.05, 0) is 36.8 Å². The molecule has 0 aliphatic carbocycles. The average Bonchev–Trinajstić information content (AvgIpc) is 2.90. The Balaban J connectivity index is 1.79. The first-order chi connectivity index (χ1) is 10.7. The summed E-state index contributed by atoms with van der Waals surface area (Å²) in [5.74, 6) is -0.208. The van der Waals surface area contributed by atoms with Crippen LogP contribution < -0.4 is 5.32 Å². The van der Waals surface area contributed by atoms with Crippen LogP contribution in [-0.2, 0) is 16.0 Å². The molecule has 6 heteroatoms. The molecule has 0 spiro atoms. The molecule has 0 aliphatic rings. The number of esters is 1. The molecule has 0 bridgehead atoms. The first-order valence-corrected chi connectivity index (χ1v) is 7.78. The largest absolute Gasteiger partial charge is 0.466 e. The van der Waals surface area contributed by atoms with E-state index in [4.69, 9.17) is 4.74 Å². The van der Waals surface area contributed by atoms with Gasteiger partial charge in [0.2, 0.25) is 0 Å². The van der Waals surface area contributed by atoms with Crippen molar-refractivity contribution in [1.29, 1.82) is 0 Å². The highest BCUT2D eigenvalue weighted by Crippen LogP contribution is 2.29. The van der Waals surface area contributed by atoms with Gasteiger partial charge in [0.25, 0.3) is 0 Å². The van der Waals surface area contributed by atoms with Gasteiger partial charge in [0, 0.05) is 6.20 Å². The van der Waals surface area contributed by atoms with E-state index >= 15 is 0 Å². The number of hydrogen-bond donors (Lipinski definition) is 1. The third-order valence-corrected chi connectivity index (χ3v) is 3.95. The van der Waals surface area contributed by atoms with Gasteiger partial charge in [-0.3, -0.25) is 9.78 Å². The van der Waals surface area contributed by atoms with Gasteiger partial charge in [-0.15, -0.1) is 0 Å². The van der Waals surface area contributed by atoms with Crippen LogP contribution in [-0.4, -0.2) is 22.5 Å². The maximum atomic E-state index is 11.5. The van der Waals surface area contributed by atoms with Gasteiger partial charge in [-0.1, -0.05) is 17.4 Å². The normalized spacial score (nSPS) is 10.6. The Morgan fingerprint density at radius 1 is 1.36 bits per heavy atom. The minimum Gasteiger partial charge on any atom is -0.466 e. The number of carbonyl (C=O) groups excluding carboxylic acids is 1. The summed E-state index contributed by atoms with van der Waals surface area (Å²) >= 11 is 1.54. The Kier molecular flexibility index (Phi) is 4.29. The number of anilines is 2. The molecule has 0 unspecified atom stereocenters. The van der Waals surface area contributed by atoms with Crippen molar-refractivity contribution >= 4 is 38.3 Å². The summed E-state index contributed by atoms with van der Waals surface area (Å²) in [6.07, 6.45) is 3.76. The predicted molar refractivity (Wildman–Crippen MR) is 87.5 cm³/mol. The van der Waals surface area contributed by atoms with Crippen LogP contribution in [0.3, 0.4) is 0 Å². The lowest BCUT2D eigenvalue weighted by molar-refractivity contribution is -0.142. The maximum absolute atomic E-state index is 11.5. The number of pyridine rings is 1. The van der Waals surface area contributed by atoms with Crippen LogP contribution in [0.15, 0.2) is 42.7 Å². The van der Waals surface area contributed by atoms with Crippen LogP contribution in [0.25, 0.3) is 10.2 Å². The molecule has 0 atom stereocenters. The second kappa shape index (κ2) is 6.53. The van der Waals surface area contributed by atoms with Crippen molar-refractivity contribution in [2.45, 2.75) is 13.3 Å². The second-order valence-electron chi connectivity index (χ2n) is 4.67. The molecule has 0 saturated heterocycles. The fourth-order valence-electron chi connectivity index (χ4n) is 2.07. The molecule has 0 aliphatic heterocycles. The highest BCUT2D eigenvalue weighted by Gasteiger charge is 2.08. The van der Waals surface area contributed by atoms with E-state index in [-0.39, 0.29) is 12.4 Å². The number of benzene rings is 1. The minimum atomic E-state index is -0.208. The van der Waals surface area contributed by atoms with Gasteiger partial charge in [-0.2, -0.15) is 0 Å². The molecular formula is C16H15N3O2S. The molecule has 2 aromatic heterocycles. The third kappa shape index (κ3) is 3.40. The number of rotatable bonds is 5. The average molecular weight is 313 g/mol. The lowest BCUT2D eigenvalue weighted by Gasteiger charge is -2.01. The summed E-state index contributed by atoms with van der Waals surface area (Å²) in [4.78, 5) is 20.1. The third-order valence-electron chi connectivity index (χ3n) is 3.02. The van der Waals surface area contributed by atoms with E-state index in [1.165, 1.54) is 0 Å². The molecule has 0 amide bonds. The zero-order chi connectivity index (χ0) is 15.4. The van der Waals surface area contributed by atoms with E-state index in [1.807, 2.05) is 30.3 Å². The van der Waals surface area contributed by atoms with Crippen molar-refractivity contribution in [2.75, 3.05) is 11.9 Å². The number of nitrogens with zero attached hydrogens (tertiary/aromatic N) is 2. The molecule has 1 aromatic carbocycles. The van der Waals surface area contributed by atoms with Crippen LogP contribution in [0.1, 0.15) is 12.5 Å². The van der Waals surface area contributed by atoms with Gasteiger partial charge < -0.3 is 10.1 Å². The van der Waals surface area contributed by atoms with Gasteiger partial charge in [-0.25, -0.2) is 4.98 Å². The molecule has 2 heterocycles. The van der Waals surface area contributed by atoms with Crippen molar-refractivity contribution in [2.24, 2.45) is 0 Å². The van der Waals surface area contributed by atoms with Gasteiger partial charge in [0.05, 0.1) is 35.1 Å². The van der Waals surface area contributed by atoms with Crippen LogP contribution in [0.5, 0.6) is 0 Å². The molecular weight excluding hydrogens is 298 g/mol. The molecule has 3 rings (SSSR count). The van der Waals surface area contributed by atoms with E-state index in [1.54, 1.807) is 30.7 Å². The number of thiazole rings is 1. The topological polar surface area (TPSA) is 64.1 Å². The minimum absolute atomic E-state index is 0.208.